The van der Waals surface area contributed by atoms with Crippen molar-refractivity contribution in [1.29, 1.82) is 5.26 Å². The molecule has 1 aromatic rings. The molecule has 0 aliphatic heterocycles. The zero-order valence-corrected chi connectivity index (χ0v) is 9.97. The first-order valence-electron chi connectivity index (χ1n) is 5.50. The predicted octanol–water partition coefficient (Wildman–Crippen LogP) is 1.76. The lowest BCUT2D eigenvalue weighted by Crippen LogP contribution is -2.40. The SMILES string of the molecule is CC(C)C(NCc1ccc(C#N)cc1)C(=O)O. The molecule has 0 heterocycles. The summed E-state index contributed by atoms with van der Waals surface area (Å²) in [5.41, 5.74) is 1.57. The smallest absolute Gasteiger partial charge is 0.320 e. The first-order valence-corrected chi connectivity index (χ1v) is 5.50. The van der Waals surface area contributed by atoms with Crippen molar-refractivity contribution in [1.82, 2.24) is 5.32 Å². The zero-order valence-electron chi connectivity index (χ0n) is 9.97. The maximum absolute atomic E-state index is 11.0. The molecule has 2 N–H and O–H groups in total. The van der Waals surface area contributed by atoms with Crippen molar-refractivity contribution in [2.45, 2.75) is 26.4 Å². The van der Waals surface area contributed by atoms with Crippen LogP contribution >= 0.6 is 0 Å². The molecule has 0 aromatic heterocycles. The maximum Gasteiger partial charge on any atom is 0.320 e. The summed E-state index contributed by atoms with van der Waals surface area (Å²) in [6.45, 7) is 4.22. The van der Waals surface area contributed by atoms with Gasteiger partial charge in [0.05, 0.1) is 11.6 Å². The Morgan fingerprint density at radius 3 is 2.41 bits per heavy atom. The number of nitrogens with one attached hydrogen (secondary N) is 1. The summed E-state index contributed by atoms with van der Waals surface area (Å²) in [4.78, 5) is 11.0. The second kappa shape index (κ2) is 6.02. The van der Waals surface area contributed by atoms with E-state index in [1.54, 1.807) is 12.1 Å². The van der Waals surface area contributed by atoms with E-state index in [0.29, 0.717) is 12.1 Å². The van der Waals surface area contributed by atoms with E-state index in [1.165, 1.54) is 0 Å². The van der Waals surface area contributed by atoms with Gasteiger partial charge in [0, 0.05) is 6.54 Å². The van der Waals surface area contributed by atoms with Gasteiger partial charge in [-0.1, -0.05) is 26.0 Å². The average molecular weight is 232 g/mol. The molecule has 0 saturated carbocycles. The molecule has 0 aliphatic rings. The van der Waals surface area contributed by atoms with Crippen LogP contribution in [0.25, 0.3) is 0 Å². The number of hydrogen-bond donors (Lipinski definition) is 2. The van der Waals surface area contributed by atoms with Crippen LogP contribution in [0.3, 0.4) is 0 Å². The summed E-state index contributed by atoms with van der Waals surface area (Å²) in [7, 11) is 0. The van der Waals surface area contributed by atoms with Crippen molar-refractivity contribution in [2.75, 3.05) is 0 Å². The molecule has 0 amide bonds. The topological polar surface area (TPSA) is 73.1 Å². The van der Waals surface area contributed by atoms with Crippen LogP contribution in [-0.4, -0.2) is 17.1 Å². The van der Waals surface area contributed by atoms with E-state index in [0.717, 1.165) is 5.56 Å². The Morgan fingerprint density at radius 1 is 1.41 bits per heavy atom. The third-order valence-electron chi connectivity index (χ3n) is 2.54. The van der Waals surface area contributed by atoms with Crippen molar-refractivity contribution >= 4 is 5.97 Å². The summed E-state index contributed by atoms with van der Waals surface area (Å²) >= 11 is 0. The monoisotopic (exact) mass is 232 g/mol. The molecular weight excluding hydrogens is 216 g/mol. The second-order valence-corrected chi connectivity index (χ2v) is 4.25. The summed E-state index contributed by atoms with van der Waals surface area (Å²) in [5.74, 6) is -0.806. The van der Waals surface area contributed by atoms with E-state index in [4.69, 9.17) is 10.4 Å². The molecule has 4 heteroatoms. The Kier molecular flexibility index (Phi) is 4.68. The van der Waals surface area contributed by atoms with Crippen LogP contribution in [-0.2, 0) is 11.3 Å². The molecule has 1 aromatic carbocycles. The van der Waals surface area contributed by atoms with Gasteiger partial charge in [0.1, 0.15) is 6.04 Å². The Hall–Kier alpha value is -1.86. The zero-order chi connectivity index (χ0) is 12.8. The number of benzene rings is 1. The molecule has 17 heavy (non-hydrogen) atoms. The van der Waals surface area contributed by atoms with Crippen LogP contribution in [0.1, 0.15) is 25.0 Å². The van der Waals surface area contributed by atoms with Gasteiger partial charge in [-0.2, -0.15) is 5.26 Å². The number of carboxylic acid groups (broad SMARTS) is 1. The van der Waals surface area contributed by atoms with Gasteiger partial charge in [-0.3, -0.25) is 4.79 Å². The Balaban J connectivity index is 2.60. The van der Waals surface area contributed by atoms with E-state index in [-0.39, 0.29) is 5.92 Å². The highest BCUT2D eigenvalue weighted by Gasteiger charge is 2.20. The van der Waals surface area contributed by atoms with Gasteiger partial charge in [0.2, 0.25) is 0 Å². The number of nitriles is 1. The van der Waals surface area contributed by atoms with Crippen LogP contribution < -0.4 is 5.32 Å². The number of aliphatic carboxylic acids is 1. The van der Waals surface area contributed by atoms with Gasteiger partial charge in [0.25, 0.3) is 0 Å². The quantitative estimate of drug-likeness (QED) is 0.811. The molecule has 90 valence electrons. The molecular formula is C13H16N2O2. The van der Waals surface area contributed by atoms with Gasteiger partial charge < -0.3 is 10.4 Å². The van der Waals surface area contributed by atoms with Crippen molar-refractivity contribution in [2.24, 2.45) is 5.92 Å². The van der Waals surface area contributed by atoms with Crippen LogP contribution in [0.15, 0.2) is 24.3 Å². The summed E-state index contributed by atoms with van der Waals surface area (Å²) < 4.78 is 0. The summed E-state index contributed by atoms with van der Waals surface area (Å²) in [5, 5.41) is 20.6. The summed E-state index contributed by atoms with van der Waals surface area (Å²) in [6.07, 6.45) is 0. The van der Waals surface area contributed by atoms with E-state index in [2.05, 4.69) is 5.32 Å². The number of nitrogens with zero attached hydrogens (tertiary/aromatic N) is 1. The lowest BCUT2D eigenvalue weighted by Gasteiger charge is -2.17. The standard InChI is InChI=1S/C13H16N2O2/c1-9(2)12(13(16)17)15-8-11-5-3-10(7-14)4-6-11/h3-6,9,12,15H,8H2,1-2H3,(H,16,17). The highest BCUT2D eigenvalue weighted by molar-refractivity contribution is 5.73. The van der Waals surface area contributed by atoms with E-state index >= 15 is 0 Å². The number of rotatable bonds is 5. The highest BCUT2D eigenvalue weighted by Crippen LogP contribution is 2.06. The molecule has 0 bridgehead atoms. The Labute approximate surface area is 101 Å². The van der Waals surface area contributed by atoms with E-state index in [1.807, 2.05) is 32.0 Å². The minimum Gasteiger partial charge on any atom is -0.480 e. The minimum absolute atomic E-state index is 0.0332. The molecule has 0 aliphatic carbocycles. The largest absolute Gasteiger partial charge is 0.480 e. The van der Waals surface area contributed by atoms with Gasteiger partial charge in [-0.25, -0.2) is 0 Å². The molecule has 0 saturated heterocycles. The molecule has 0 spiro atoms. The molecule has 1 unspecified atom stereocenters. The van der Waals surface area contributed by atoms with E-state index < -0.39 is 12.0 Å². The van der Waals surface area contributed by atoms with Crippen LogP contribution in [0.5, 0.6) is 0 Å². The molecule has 0 fully saturated rings. The van der Waals surface area contributed by atoms with E-state index in [9.17, 15) is 4.79 Å². The Bertz CT molecular complexity index is 418. The molecule has 1 rings (SSSR count). The normalized spacial score (nSPS) is 12.1. The average Bonchev–Trinajstić information content (AvgIpc) is 2.29. The number of carboxylic acids is 1. The van der Waals surface area contributed by atoms with Crippen LogP contribution in [0, 0.1) is 17.2 Å². The highest BCUT2D eigenvalue weighted by atomic mass is 16.4. The number of carbonyl (C=O) groups is 1. The lowest BCUT2D eigenvalue weighted by atomic mass is 10.0. The minimum atomic E-state index is -0.839. The van der Waals surface area contributed by atoms with Gasteiger partial charge in [-0.15, -0.1) is 0 Å². The molecule has 0 radical (unpaired) electrons. The van der Waals surface area contributed by atoms with Gasteiger partial charge in [-0.05, 0) is 23.6 Å². The maximum atomic E-state index is 11.0. The third kappa shape index (κ3) is 3.89. The van der Waals surface area contributed by atoms with Crippen molar-refractivity contribution in [3.8, 4) is 6.07 Å². The lowest BCUT2D eigenvalue weighted by molar-refractivity contribution is -0.140. The van der Waals surface area contributed by atoms with Gasteiger partial charge >= 0.3 is 5.97 Å². The fraction of sp³-hybridized carbons (Fsp3) is 0.385. The van der Waals surface area contributed by atoms with Crippen molar-refractivity contribution in [3.63, 3.8) is 0 Å². The summed E-state index contributed by atoms with van der Waals surface area (Å²) in [6, 6.07) is 8.59. The van der Waals surface area contributed by atoms with Crippen molar-refractivity contribution < 1.29 is 9.90 Å². The van der Waals surface area contributed by atoms with Crippen LogP contribution in [0.4, 0.5) is 0 Å². The number of hydrogen-bond acceptors (Lipinski definition) is 3. The third-order valence-corrected chi connectivity index (χ3v) is 2.54. The van der Waals surface area contributed by atoms with Gasteiger partial charge in [0.15, 0.2) is 0 Å². The fourth-order valence-corrected chi connectivity index (χ4v) is 1.53. The second-order valence-electron chi connectivity index (χ2n) is 4.25. The predicted molar refractivity (Wildman–Crippen MR) is 64.3 cm³/mol. The molecule has 1 atom stereocenters. The van der Waals surface area contributed by atoms with Crippen molar-refractivity contribution in [3.05, 3.63) is 35.4 Å². The first kappa shape index (κ1) is 13.2. The Morgan fingerprint density at radius 2 is 2.00 bits per heavy atom. The van der Waals surface area contributed by atoms with Crippen LogP contribution in [0.2, 0.25) is 0 Å². The molecule has 4 nitrogen and oxygen atoms in total. The first-order chi connectivity index (χ1) is 8.04. The fourth-order valence-electron chi connectivity index (χ4n) is 1.53.